The summed E-state index contributed by atoms with van der Waals surface area (Å²) in [6.45, 7) is 18.2. The molecule has 42 heavy (non-hydrogen) atoms. The highest BCUT2D eigenvalue weighted by molar-refractivity contribution is 6.03. The average molecular weight is 572 g/mol. The summed E-state index contributed by atoms with van der Waals surface area (Å²) >= 11 is 0. The maximum atomic E-state index is 11.9. The van der Waals surface area contributed by atoms with Gasteiger partial charge in [-0.3, -0.25) is 14.8 Å². The first-order valence-corrected chi connectivity index (χ1v) is 15.8. The van der Waals surface area contributed by atoms with Gasteiger partial charge in [0.15, 0.2) is 5.78 Å². The van der Waals surface area contributed by atoms with Crippen LogP contribution in [0.3, 0.4) is 0 Å². The molecule has 5 heteroatoms. The van der Waals surface area contributed by atoms with E-state index in [1.54, 1.807) is 19.3 Å². The number of aromatic nitrogens is 3. The summed E-state index contributed by atoms with van der Waals surface area (Å²) in [5.74, 6) is 1.22. The van der Waals surface area contributed by atoms with Gasteiger partial charge in [0.1, 0.15) is 11.5 Å². The Kier molecular flexibility index (Phi) is 17.8. The van der Waals surface area contributed by atoms with E-state index in [1.165, 1.54) is 36.8 Å². The number of rotatable bonds is 9. The highest BCUT2D eigenvalue weighted by Crippen LogP contribution is 2.27. The first-order chi connectivity index (χ1) is 20.2. The molecule has 0 fully saturated rings. The molecule has 1 aliphatic carbocycles. The lowest BCUT2D eigenvalue weighted by atomic mass is 9.90. The molecule has 0 saturated heterocycles. The quantitative estimate of drug-likeness (QED) is 0.255. The van der Waals surface area contributed by atoms with Crippen molar-refractivity contribution in [1.29, 1.82) is 0 Å². The number of allylic oxidation sites excluding steroid dienone is 1. The second-order valence-electron chi connectivity index (χ2n) is 10.6. The molecule has 3 aromatic rings. The van der Waals surface area contributed by atoms with Crippen LogP contribution < -0.4 is 0 Å². The second-order valence-corrected chi connectivity index (χ2v) is 10.6. The Hall–Kier alpha value is -3.47. The Morgan fingerprint density at radius 3 is 2.05 bits per heavy atom. The molecule has 0 atom stereocenters. The van der Waals surface area contributed by atoms with Crippen molar-refractivity contribution in [2.24, 2.45) is 0 Å². The first kappa shape index (κ1) is 36.6. The number of benzene rings is 1. The van der Waals surface area contributed by atoms with Crippen LogP contribution in [0.25, 0.3) is 17.5 Å². The van der Waals surface area contributed by atoms with Gasteiger partial charge in [-0.1, -0.05) is 95.9 Å². The van der Waals surface area contributed by atoms with E-state index in [0.29, 0.717) is 12.2 Å². The molecular formula is C37H53N3O2. The molecule has 0 spiro atoms. The molecule has 0 unspecified atom stereocenters. The van der Waals surface area contributed by atoms with Crippen molar-refractivity contribution in [3.63, 3.8) is 0 Å². The van der Waals surface area contributed by atoms with Crippen LogP contribution in [0.1, 0.15) is 137 Å². The van der Waals surface area contributed by atoms with Gasteiger partial charge in [0.2, 0.25) is 0 Å². The zero-order valence-corrected chi connectivity index (χ0v) is 27.6. The number of ketones is 2. The summed E-state index contributed by atoms with van der Waals surface area (Å²) in [7, 11) is 0. The fourth-order valence-electron chi connectivity index (χ4n) is 4.74. The Morgan fingerprint density at radius 2 is 1.52 bits per heavy atom. The molecular weight excluding hydrogens is 518 g/mol. The Balaban J connectivity index is 0.000000338. The van der Waals surface area contributed by atoms with E-state index < -0.39 is 0 Å². The van der Waals surface area contributed by atoms with E-state index in [0.717, 1.165) is 59.1 Å². The number of Topliss-reactive ketones (excluding diaryl/α,β-unsaturated/α-hetero) is 2. The zero-order chi connectivity index (χ0) is 31.5. The van der Waals surface area contributed by atoms with Crippen molar-refractivity contribution >= 4 is 17.6 Å². The number of aryl methyl sites for hydroxylation is 3. The molecule has 4 rings (SSSR count). The van der Waals surface area contributed by atoms with Crippen LogP contribution in [0.2, 0.25) is 0 Å². The van der Waals surface area contributed by atoms with E-state index in [-0.39, 0.29) is 5.78 Å². The number of carbonyl (C=O) groups excluding carboxylic acids is 2. The number of carbonyl (C=O) groups is 2. The maximum absolute atomic E-state index is 11.9. The van der Waals surface area contributed by atoms with Gasteiger partial charge in [-0.2, -0.15) is 0 Å². The topological polar surface area (TPSA) is 72.8 Å². The summed E-state index contributed by atoms with van der Waals surface area (Å²) in [5, 5.41) is 0. The minimum atomic E-state index is 0.129. The predicted molar refractivity (Wildman–Crippen MR) is 178 cm³/mol. The maximum Gasteiger partial charge on any atom is 0.169 e. The van der Waals surface area contributed by atoms with Gasteiger partial charge in [-0.05, 0) is 70.1 Å². The molecule has 0 radical (unpaired) electrons. The van der Waals surface area contributed by atoms with E-state index in [4.69, 9.17) is 0 Å². The molecule has 2 aromatic heterocycles. The van der Waals surface area contributed by atoms with E-state index >= 15 is 0 Å². The lowest BCUT2D eigenvalue weighted by molar-refractivity contribution is -0.117. The molecule has 2 heterocycles. The fourth-order valence-corrected chi connectivity index (χ4v) is 4.74. The third kappa shape index (κ3) is 12.6. The minimum Gasteiger partial charge on any atom is -0.300 e. The normalized spacial score (nSPS) is 11.3. The van der Waals surface area contributed by atoms with Crippen molar-refractivity contribution in [3.05, 3.63) is 82.4 Å². The van der Waals surface area contributed by atoms with Gasteiger partial charge in [-0.25, -0.2) is 4.98 Å². The van der Waals surface area contributed by atoms with Crippen LogP contribution in [0.5, 0.6) is 0 Å². The standard InChI is InChI=1S/C15H13N3O.C14H22.C6H12O.C2H6/c1-9-7-16-8-13(17-9)12-6-11-4-3-5-14(19)15(11)10(2)18-12;1-4-6-13(7-5-2)14-10-8-12(3)9-11-14;1-3-4-5-6(2)7;1-2/h3-4,6-8H,5H2,1-2H3;8-11,13H,4-7H2,1-3H3;3-5H2,1-2H3;1-2H3. The third-order valence-electron chi connectivity index (χ3n) is 6.83. The molecule has 0 aliphatic heterocycles. The number of hydrogen-bond acceptors (Lipinski definition) is 5. The van der Waals surface area contributed by atoms with Gasteiger partial charge in [0.05, 0.1) is 17.6 Å². The van der Waals surface area contributed by atoms with Crippen molar-refractivity contribution in [2.75, 3.05) is 0 Å². The molecule has 0 bridgehead atoms. The van der Waals surface area contributed by atoms with Crippen LogP contribution in [-0.2, 0) is 4.79 Å². The monoisotopic (exact) mass is 571 g/mol. The van der Waals surface area contributed by atoms with E-state index in [2.05, 4.69) is 66.9 Å². The zero-order valence-electron chi connectivity index (χ0n) is 27.6. The smallest absolute Gasteiger partial charge is 0.169 e. The number of fused-ring (bicyclic) bond motifs is 1. The molecule has 0 amide bonds. The average Bonchev–Trinajstić information content (AvgIpc) is 2.98. The summed E-state index contributed by atoms with van der Waals surface area (Å²) in [4.78, 5) is 35.1. The van der Waals surface area contributed by atoms with Gasteiger partial charge in [0, 0.05) is 30.3 Å². The summed E-state index contributed by atoms with van der Waals surface area (Å²) in [6, 6.07) is 11.0. The molecule has 228 valence electrons. The van der Waals surface area contributed by atoms with E-state index in [9.17, 15) is 9.59 Å². The van der Waals surface area contributed by atoms with Crippen LogP contribution in [0.15, 0.2) is 48.8 Å². The summed E-state index contributed by atoms with van der Waals surface area (Å²) in [6.07, 6.45) is 15.9. The van der Waals surface area contributed by atoms with Crippen LogP contribution >= 0.6 is 0 Å². The van der Waals surface area contributed by atoms with Gasteiger partial charge >= 0.3 is 0 Å². The van der Waals surface area contributed by atoms with Crippen LogP contribution in [0.4, 0.5) is 0 Å². The van der Waals surface area contributed by atoms with Crippen molar-refractivity contribution in [1.82, 2.24) is 15.0 Å². The Labute approximate surface area is 255 Å². The number of unbranched alkanes of at least 4 members (excludes halogenated alkanes) is 1. The SMILES string of the molecule is CC.CCCC(CCC)c1ccc(C)cc1.CCCCC(C)=O.Cc1cncc(-c2cc3c(c(C)n2)C(=O)CC=C3)n1. The highest BCUT2D eigenvalue weighted by Gasteiger charge is 2.18. The number of nitrogens with zero attached hydrogens (tertiary/aromatic N) is 3. The molecule has 0 N–H and O–H groups in total. The third-order valence-corrected chi connectivity index (χ3v) is 6.83. The Morgan fingerprint density at radius 1 is 0.881 bits per heavy atom. The first-order valence-electron chi connectivity index (χ1n) is 15.8. The van der Waals surface area contributed by atoms with Crippen molar-refractivity contribution in [3.8, 4) is 11.4 Å². The van der Waals surface area contributed by atoms with Crippen LogP contribution in [-0.4, -0.2) is 26.5 Å². The fraction of sp³-hybridized carbons (Fsp3) is 0.486. The van der Waals surface area contributed by atoms with Crippen molar-refractivity contribution in [2.45, 2.75) is 120 Å². The largest absolute Gasteiger partial charge is 0.300 e. The predicted octanol–water partition coefficient (Wildman–Crippen LogP) is 10.2. The van der Waals surface area contributed by atoms with Crippen molar-refractivity contribution < 1.29 is 9.59 Å². The molecule has 1 aromatic carbocycles. The van der Waals surface area contributed by atoms with E-state index in [1.807, 2.05) is 45.9 Å². The highest BCUT2D eigenvalue weighted by atomic mass is 16.1. The molecule has 0 saturated carbocycles. The molecule has 1 aliphatic rings. The number of hydrogen-bond donors (Lipinski definition) is 0. The minimum absolute atomic E-state index is 0.129. The number of pyridine rings is 1. The summed E-state index contributed by atoms with van der Waals surface area (Å²) < 4.78 is 0. The molecule has 5 nitrogen and oxygen atoms in total. The lowest BCUT2D eigenvalue weighted by Crippen LogP contribution is -2.09. The van der Waals surface area contributed by atoms with Crippen LogP contribution in [0, 0.1) is 20.8 Å². The summed E-state index contributed by atoms with van der Waals surface area (Å²) in [5.41, 5.74) is 7.63. The second kappa shape index (κ2) is 20.4. The lowest BCUT2D eigenvalue weighted by Gasteiger charge is -2.15. The van der Waals surface area contributed by atoms with Gasteiger partial charge in [0.25, 0.3) is 0 Å². The van der Waals surface area contributed by atoms with Gasteiger partial charge < -0.3 is 4.79 Å². The van der Waals surface area contributed by atoms with Gasteiger partial charge in [-0.15, -0.1) is 0 Å². The Bertz CT molecular complexity index is 1260.